The van der Waals surface area contributed by atoms with Gasteiger partial charge in [-0.3, -0.25) is 19.1 Å². The molecule has 0 spiro atoms. The molecule has 2 aliphatic heterocycles. The molecule has 1 aromatic heterocycles. The topological polar surface area (TPSA) is 126 Å². The Morgan fingerprint density at radius 3 is 2.68 bits per heavy atom. The Hall–Kier alpha value is -2.69. The Labute approximate surface area is 185 Å². The van der Waals surface area contributed by atoms with Gasteiger partial charge < -0.3 is 15.5 Å². The summed E-state index contributed by atoms with van der Waals surface area (Å²) in [6.07, 6.45) is 4.67. The molecule has 10 heteroatoms. The summed E-state index contributed by atoms with van der Waals surface area (Å²) in [5, 5.41) is 30.0. The van der Waals surface area contributed by atoms with Crippen molar-refractivity contribution in [3.63, 3.8) is 0 Å². The molecule has 4 rings (SSSR count). The average Bonchev–Trinajstić information content (AvgIpc) is 3.41. The number of carbonyl (C=O) groups is 2. The number of aromatic nitrogens is 3. The highest BCUT2D eigenvalue weighted by Crippen LogP contribution is 2.41. The first kappa shape index (κ1) is 23.0. The predicted octanol–water partition coefficient (Wildman–Crippen LogP) is -0.229. The number of allylic oxidation sites excluding steroid dienone is 1. The van der Waals surface area contributed by atoms with E-state index in [0.29, 0.717) is 31.8 Å². The maximum absolute atomic E-state index is 12.4. The first-order valence-electron chi connectivity index (χ1n) is 10.1. The van der Waals surface area contributed by atoms with Gasteiger partial charge in [0.25, 0.3) is 0 Å². The van der Waals surface area contributed by atoms with Gasteiger partial charge in [0, 0.05) is 26.4 Å². The summed E-state index contributed by atoms with van der Waals surface area (Å²) in [7, 11) is 1.74. The minimum Gasteiger partial charge on any atom is -0.868 e. The smallest absolute Gasteiger partial charge is 0.245 e. The Morgan fingerprint density at radius 1 is 1.19 bits per heavy atom. The van der Waals surface area contributed by atoms with E-state index in [9.17, 15) is 9.59 Å². The summed E-state index contributed by atoms with van der Waals surface area (Å²) in [5.74, 6) is 1.52. The Bertz CT molecular complexity index is 918. The van der Waals surface area contributed by atoms with Gasteiger partial charge in [0.2, 0.25) is 17.8 Å². The van der Waals surface area contributed by atoms with E-state index in [4.69, 9.17) is 10.2 Å². The van der Waals surface area contributed by atoms with Crippen molar-refractivity contribution in [1.29, 1.82) is 0 Å². The minimum absolute atomic E-state index is 0.0339. The second-order valence-corrected chi connectivity index (χ2v) is 8.17. The van der Waals surface area contributed by atoms with Gasteiger partial charge in [0.1, 0.15) is 11.1 Å². The number of fused-ring (bicyclic) bond motifs is 3. The zero-order valence-electron chi connectivity index (χ0n) is 17.3. The summed E-state index contributed by atoms with van der Waals surface area (Å²) in [4.78, 5) is 26.1. The molecule has 31 heavy (non-hydrogen) atoms. The number of amides is 2. The second kappa shape index (κ2) is 11.1. The van der Waals surface area contributed by atoms with Crippen LogP contribution in [0.1, 0.15) is 30.3 Å². The van der Waals surface area contributed by atoms with Crippen LogP contribution in [0, 0.1) is 0 Å². The molecule has 0 saturated carbocycles. The van der Waals surface area contributed by atoms with Gasteiger partial charge in [-0.2, -0.15) is 0 Å². The van der Waals surface area contributed by atoms with Crippen LogP contribution in [0.15, 0.2) is 41.8 Å². The van der Waals surface area contributed by atoms with Crippen LogP contribution in [0.5, 0.6) is 0 Å². The van der Waals surface area contributed by atoms with Gasteiger partial charge >= 0.3 is 0 Å². The molecular weight excluding hydrogens is 418 g/mol. The number of thioether (sulfide) groups is 1. The van der Waals surface area contributed by atoms with E-state index in [1.807, 2.05) is 34.3 Å². The van der Waals surface area contributed by atoms with E-state index in [-0.39, 0.29) is 23.1 Å². The fourth-order valence-electron chi connectivity index (χ4n) is 3.61. The van der Waals surface area contributed by atoms with E-state index in [0.717, 1.165) is 12.2 Å². The maximum Gasteiger partial charge on any atom is 0.245 e. The molecule has 3 heterocycles. The van der Waals surface area contributed by atoms with Gasteiger partial charge in [-0.05, 0) is 23.8 Å². The molecule has 0 radical (unpaired) electrons. The highest BCUT2D eigenvalue weighted by atomic mass is 32.2. The maximum atomic E-state index is 12.4. The third-order valence-electron chi connectivity index (χ3n) is 5.11. The summed E-state index contributed by atoms with van der Waals surface area (Å²) in [6.45, 7) is -0.609. The summed E-state index contributed by atoms with van der Waals surface area (Å²) in [5.41, 5.74) is 1.22. The van der Waals surface area contributed by atoms with Crippen LogP contribution >= 0.6 is 11.8 Å². The zero-order chi connectivity index (χ0) is 22.2. The summed E-state index contributed by atoms with van der Waals surface area (Å²) in [6, 6.07) is 10.1. The zero-order valence-corrected chi connectivity index (χ0v) is 18.1. The van der Waals surface area contributed by atoms with Crippen LogP contribution in [-0.2, 0) is 22.4 Å². The largest absolute Gasteiger partial charge is 0.868 e. The molecule has 1 aromatic carbocycles. The average molecular weight is 444 g/mol. The molecule has 1 N–H and O–H groups in total. The Balaban J connectivity index is 0.000000858. The standard InChI is InChI=1S/C20H23N5O2S.CH2O2/c1-24-19(27)18-15(11-13-28-18)25-16(22-23-20(24)25)8-5-9-17(26)21-12-10-14-6-3-2-4-7-14;2-1-3/h2-4,6-7,11,13,15,18H,5,8-10,12H2,1H3,(H,21,26);1H2/q;-2. The van der Waals surface area contributed by atoms with Crippen molar-refractivity contribution in [1.82, 2.24) is 20.1 Å². The van der Waals surface area contributed by atoms with Crippen LogP contribution in [0.4, 0.5) is 5.95 Å². The number of aryl methyl sites for hydroxylation is 1. The van der Waals surface area contributed by atoms with Crippen LogP contribution in [0.3, 0.4) is 0 Å². The SMILES string of the molecule is CN1C(=O)C2SC=CC2n2c(CCCC(=O)NCCc3ccccc3)nnc21.[O-]C[O-]. The lowest BCUT2D eigenvalue weighted by molar-refractivity contribution is -0.596. The number of nitrogens with one attached hydrogen (secondary N) is 1. The molecule has 2 atom stereocenters. The van der Waals surface area contributed by atoms with Crippen molar-refractivity contribution in [3.05, 3.63) is 53.2 Å². The van der Waals surface area contributed by atoms with Crippen molar-refractivity contribution >= 4 is 29.5 Å². The van der Waals surface area contributed by atoms with Gasteiger partial charge in [0.15, 0.2) is 0 Å². The number of carbonyl (C=O) groups excluding carboxylic acids is 2. The highest BCUT2D eigenvalue weighted by molar-refractivity contribution is 8.03. The fraction of sp³-hybridized carbons (Fsp3) is 0.429. The van der Waals surface area contributed by atoms with Gasteiger partial charge in [-0.25, -0.2) is 6.79 Å². The van der Waals surface area contributed by atoms with E-state index in [2.05, 4.69) is 27.6 Å². The quantitative estimate of drug-likeness (QED) is 0.586. The Kier molecular flexibility index (Phi) is 8.21. The fourth-order valence-corrected chi connectivity index (χ4v) is 4.68. The van der Waals surface area contributed by atoms with E-state index < -0.39 is 6.79 Å². The number of rotatable bonds is 7. The van der Waals surface area contributed by atoms with E-state index in [1.165, 1.54) is 17.3 Å². The molecule has 0 aliphatic carbocycles. The molecule has 0 bridgehead atoms. The van der Waals surface area contributed by atoms with Crippen LogP contribution in [0.2, 0.25) is 0 Å². The van der Waals surface area contributed by atoms with Crippen molar-refractivity contribution < 1.29 is 19.8 Å². The lowest BCUT2D eigenvalue weighted by Gasteiger charge is -2.32. The Morgan fingerprint density at radius 2 is 1.94 bits per heavy atom. The first-order valence-corrected chi connectivity index (χ1v) is 11.0. The third-order valence-corrected chi connectivity index (χ3v) is 6.20. The molecule has 2 unspecified atom stereocenters. The molecule has 166 valence electrons. The van der Waals surface area contributed by atoms with Crippen molar-refractivity contribution in [2.24, 2.45) is 0 Å². The number of anilines is 1. The van der Waals surface area contributed by atoms with Gasteiger partial charge in [-0.1, -0.05) is 36.4 Å². The lowest BCUT2D eigenvalue weighted by atomic mass is 10.1. The summed E-state index contributed by atoms with van der Waals surface area (Å²) >= 11 is 1.54. The van der Waals surface area contributed by atoms with Crippen molar-refractivity contribution in [2.75, 3.05) is 25.3 Å². The molecular formula is C21H25N5O4S-2. The molecule has 2 aromatic rings. The first-order chi connectivity index (χ1) is 15.1. The number of benzene rings is 1. The second-order valence-electron chi connectivity index (χ2n) is 7.12. The molecule has 2 amide bonds. The monoisotopic (exact) mass is 443 g/mol. The normalized spacial score (nSPS) is 18.8. The number of hydrogen-bond acceptors (Lipinski definition) is 7. The van der Waals surface area contributed by atoms with Crippen LogP contribution in [0.25, 0.3) is 0 Å². The summed E-state index contributed by atoms with van der Waals surface area (Å²) < 4.78 is 2.04. The number of hydrogen-bond donors (Lipinski definition) is 1. The highest BCUT2D eigenvalue weighted by Gasteiger charge is 2.42. The number of nitrogens with zero attached hydrogens (tertiary/aromatic N) is 4. The lowest BCUT2D eigenvalue weighted by Crippen LogP contribution is -2.44. The molecule has 0 saturated heterocycles. The van der Waals surface area contributed by atoms with Crippen molar-refractivity contribution in [3.8, 4) is 0 Å². The molecule has 0 fully saturated rings. The van der Waals surface area contributed by atoms with Crippen LogP contribution in [-0.4, -0.2) is 52.2 Å². The van der Waals surface area contributed by atoms with Gasteiger partial charge in [-0.15, -0.1) is 22.0 Å². The predicted molar refractivity (Wildman–Crippen MR) is 114 cm³/mol. The third kappa shape index (κ3) is 5.52. The molecule has 2 aliphatic rings. The minimum atomic E-state index is -1.25. The molecule has 9 nitrogen and oxygen atoms in total. The van der Waals surface area contributed by atoms with E-state index >= 15 is 0 Å². The van der Waals surface area contributed by atoms with Gasteiger partial charge in [0.05, 0.1) is 6.04 Å². The van der Waals surface area contributed by atoms with Crippen molar-refractivity contribution in [2.45, 2.75) is 37.0 Å². The van der Waals surface area contributed by atoms with E-state index in [1.54, 1.807) is 11.9 Å². The van der Waals surface area contributed by atoms with Crippen LogP contribution < -0.4 is 20.4 Å².